The number of ketones is 1. The van der Waals surface area contributed by atoms with Gasteiger partial charge in [0.05, 0.1) is 0 Å². The Kier molecular flexibility index (Phi) is 10.9. The van der Waals surface area contributed by atoms with E-state index in [9.17, 15) is 14.4 Å². The van der Waals surface area contributed by atoms with Gasteiger partial charge in [-0.25, -0.2) is 0 Å². The summed E-state index contributed by atoms with van der Waals surface area (Å²) in [5.41, 5.74) is -1.05. The van der Waals surface area contributed by atoms with Gasteiger partial charge in [0.2, 0.25) is 11.8 Å². The van der Waals surface area contributed by atoms with E-state index in [0.29, 0.717) is 18.7 Å². The molecule has 0 saturated carbocycles. The highest BCUT2D eigenvalue weighted by Crippen LogP contribution is 2.26. The summed E-state index contributed by atoms with van der Waals surface area (Å²) >= 11 is 0. The quantitative estimate of drug-likeness (QED) is 0.561. The molecule has 4 heteroatoms. The molecule has 0 aliphatic rings. The number of imide groups is 1. The fourth-order valence-corrected chi connectivity index (χ4v) is 2.17. The van der Waals surface area contributed by atoms with Gasteiger partial charge in [0.15, 0.2) is 0 Å². The Morgan fingerprint density at radius 1 is 0.643 bits per heavy atom. The van der Waals surface area contributed by atoms with E-state index < -0.39 is 10.8 Å². The zero-order valence-electron chi connectivity index (χ0n) is 21.0. The summed E-state index contributed by atoms with van der Waals surface area (Å²) in [6.07, 6.45) is 2.52. The number of carbonyl (C=O) groups excluding carboxylic acids is 3. The van der Waals surface area contributed by atoms with Crippen LogP contribution in [0, 0.1) is 21.7 Å². The second-order valence-electron chi connectivity index (χ2n) is 12.0. The Labute approximate surface area is 174 Å². The first kappa shape index (κ1) is 29.0. The lowest BCUT2D eigenvalue weighted by molar-refractivity contribution is -0.154. The maximum atomic E-state index is 12.3. The van der Waals surface area contributed by atoms with E-state index in [0.717, 1.165) is 12.8 Å². The molecule has 0 radical (unpaired) electrons. The standard InChI is InChI=1S/C14H27NO2.C10H20O/c1-8-9-10-15(11(16)13(2,3)4)12(17)14(5,6)7;1-9(2,3)7-8(11)10(4,5)6/h8-10H2,1-7H3;7H2,1-6H3. The van der Waals surface area contributed by atoms with Crippen molar-refractivity contribution in [3.8, 4) is 0 Å². The van der Waals surface area contributed by atoms with Crippen LogP contribution in [0.3, 0.4) is 0 Å². The van der Waals surface area contributed by atoms with Crippen LogP contribution in [0.5, 0.6) is 0 Å². The van der Waals surface area contributed by atoms with Crippen molar-refractivity contribution in [3.63, 3.8) is 0 Å². The van der Waals surface area contributed by atoms with E-state index in [1.165, 1.54) is 4.90 Å². The average Bonchev–Trinajstić information content (AvgIpc) is 2.43. The third kappa shape index (κ3) is 12.3. The van der Waals surface area contributed by atoms with Crippen molar-refractivity contribution in [1.82, 2.24) is 4.90 Å². The average molecular weight is 398 g/mol. The first-order valence-electron chi connectivity index (χ1n) is 10.5. The molecule has 0 aromatic carbocycles. The number of hydrogen-bond acceptors (Lipinski definition) is 3. The Balaban J connectivity index is 0. The van der Waals surface area contributed by atoms with Crippen molar-refractivity contribution in [2.24, 2.45) is 21.7 Å². The highest BCUT2D eigenvalue weighted by Gasteiger charge is 2.35. The van der Waals surface area contributed by atoms with Crippen LogP contribution in [0.25, 0.3) is 0 Å². The summed E-state index contributed by atoms with van der Waals surface area (Å²) in [6, 6.07) is 0. The van der Waals surface area contributed by atoms with E-state index in [4.69, 9.17) is 0 Å². The smallest absolute Gasteiger partial charge is 0.234 e. The van der Waals surface area contributed by atoms with Crippen LogP contribution < -0.4 is 0 Å². The number of carbonyl (C=O) groups is 3. The van der Waals surface area contributed by atoms with Crippen molar-refractivity contribution in [2.45, 2.75) is 109 Å². The Hall–Kier alpha value is -1.19. The molecule has 0 heterocycles. The van der Waals surface area contributed by atoms with Gasteiger partial charge in [-0.1, -0.05) is 96.4 Å². The SMILES string of the molecule is CC(C)(C)CC(=O)C(C)(C)C.CCCCN(C(=O)C(C)(C)C)C(=O)C(C)(C)C. The van der Waals surface area contributed by atoms with Gasteiger partial charge in [0, 0.05) is 29.2 Å². The molecular formula is C24H47NO3. The van der Waals surface area contributed by atoms with Crippen molar-refractivity contribution in [2.75, 3.05) is 6.54 Å². The highest BCUT2D eigenvalue weighted by molar-refractivity contribution is 5.99. The molecule has 166 valence electrons. The van der Waals surface area contributed by atoms with Crippen LogP contribution in [0.1, 0.15) is 109 Å². The minimum absolute atomic E-state index is 0.0779. The third-order valence-corrected chi connectivity index (χ3v) is 4.04. The summed E-state index contributed by atoms with van der Waals surface area (Å²) in [4.78, 5) is 37.4. The van der Waals surface area contributed by atoms with Gasteiger partial charge >= 0.3 is 0 Å². The van der Waals surface area contributed by atoms with E-state index in [1.807, 2.05) is 62.3 Å². The topological polar surface area (TPSA) is 54.5 Å². The van der Waals surface area contributed by atoms with Gasteiger partial charge in [-0.15, -0.1) is 0 Å². The second kappa shape index (κ2) is 10.5. The zero-order valence-corrected chi connectivity index (χ0v) is 21.0. The number of rotatable bonds is 4. The largest absolute Gasteiger partial charge is 0.299 e. The predicted molar refractivity (Wildman–Crippen MR) is 119 cm³/mol. The predicted octanol–water partition coefficient (Wildman–Crippen LogP) is 6.27. The van der Waals surface area contributed by atoms with Crippen LogP contribution in [0.15, 0.2) is 0 Å². The number of nitrogens with zero attached hydrogens (tertiary/aromatic N) is 1. The molecule has 0 rings (SSSR count). The first-order valence-corrected chi connectivity index (χ1v) is 10.5. The van der Waals surface area contributed by atoms with Crippen LogP contribution in [-0.2, 0) is 14.4 Å². The highest BCUT2D eigenvalue weighted by atomic mass is 16.2. The fraction of sp³-hybridized carbons (Fsp3) is 0.875. The molecule has 0 fully saturated rings. The van der Waals surface area contributed by atoms with E-state index in [2.05, 4.69) is 27.7 Å². The first-order chi connectivity index (χ1) is 12.1. The number of hydrogen-bond donors (Lipinski definition) is 0. The zero-order chi connectivity index (χ0) is 23.1. The Morgan fingerprint density at radius 3 is 1.18 bits per heavy atom. The minimum Gasteiger partial charge on any atom is -0.299 e. The van der Waals surface area contributed by atoms with Crippen molar-refractivity contribution < 1.29 is 14.4 Å². The summed E-state index contributed by atoms with van der Waals surface area (Å²) in [7, 11) is 0. The Morgan fingerprint density at radius 2 is 1.00 bits per heavy atom. The summed E-state index contributed by atoms with van der Waals surface area (Å²) in [5.74, 6) is 0.196. The van der Waals surface area contributed by atoms with Gasteiger partial charge in [-0.2, -0.15) is 0 Å². The van der Waals surface area contributed by atoms with Gasteiger partial charge in [0.1, 0.15) is 5.78 Å². The second-order valence-corrected chi connectivity index (χ2v) is 12.0. The van der Waals surface area contributed by atoms with Crippen LogP contribution in [-0.4, -0.2) is 29.0 Å². The lowest BCUT2D eigenvalue weighted by Gasteiger charge is -2.32. The molecule has 28 heavy (non-hydrogen) atoms. The molecule has 0 atom stereocenters. The molecule has 0 saturated heterocycles. The third-order valence-electron chi connectivity index (χ3n) is 4.04. The fourth-order valence-electron chi connectivity index (χ4n) is 2.17. The van der Waals surface area contributed by atoms with E-state index >= 15 is 0 Å². The van der Waals surface area contributed by atoms with Crippen LogP contribution in [0.2, 0.25) is 0 Å². The van der Waals surface area contributed by atoms with Gasteiger partial charge in [0.25, 0.3) is 0 Å². The molecule has 4 nitrogen and oxygen atoms in total. The summed E-state index contributed by atoms with van der Waals surface area (Å²) in [6.45, 7) is 25.9. The minimum atomic E-state index is -0.505. The molecule has 2 amide bonds. The number of unbranched alkanes of at least 4 members (excludes halogenated alkanes) is 1. The lowest BCUT2D eigenvalue weighted by Crippen LogP contribution is -2.48. The maximum Gasteiger partial charge on any atom is 0.234 e. The number of Topliss-reactive ketones (excluding diaryl/α,β-unsaturated/α-hetero) is 1. The van der Waals surface area contributed by atoms with E-state index in [1.54, 1.807) is 0 Å². The van der Waals surface area contributed by atoms with Crippen molar-refractivity contribution >= 4 is 17.6 Å². The maximum absolute atomic E-state index is 12.3. The molecule has 0 N–H and O–H groups in total. The van der Waals surface area contributed by atoms with Crippen molar-refractivity contribution in [3.05, 3.63) is 0 Å². The summed E-state index contributed by atoms with van der Waals surface area (Å²) in [5, 5.41) is 0. The van der Waals surface area contributed by atoms with Gasteiger partial charge < -0.3 is 0 Å². The number of amides is 2. The molecule has 0 unspecified atom stereocenters. The molecule has 0 aliphatic carbocycles. The molecule has 0 aromatic rings. The van der Waals surface area contributed by atoms with Gasteiger partial charge in [-0.3, -0.25) is 19.3 Å². The molecule has 0 bridgehead atoms. The van der Waals surface area contributed by atoms with Crippen LogP contribution in [0.4, 0.5) is 0 Å². The van der Waals surface area contributed by atoms with E-state index in [-0.39, 0.29) is 22.6 Å². The monoisotopic (exact) mass is 397 g/mol. The molecule has 0 spiro atoms. The molecule has 0 aromatic heterocycles. The Bertz CT molecular complexity index is 494. The molecule has 0 aliphatic heterocycles. The van der Waals surface area contributed by atoms with Gasteiger partial charge in [-0.05, 0) is 11.8 Å². The normalized spacial score (nSPS) is 12.8. The van der Waals surface area contributed by atoms with Crippen molar-refractivity contribution in [1.29, 1.82) is 0 Å². The molecular weight excluding hydrogens is 350 g/mol. The lowest BCUT2D eigenvalue weighted by atomic mass is 9.80. The van der Waals surface area contributed by atoms with Crippen LogP contribution >= 0.6 is 0 Å². The summed E-state index contributed by atoms with van der Waals surface area (Å²) < 4.78 is 0.